The van der Waals surface area contributed by atoms with Crippen molar-refractivity contribution in [2.75, 3.05) is 12.4 Å². The molecule has 23 heavy (non-hydrogen) atoms. The number of carbonyl (C=O) groups excluding carboxylic acids is 1. The van der Waals surface area contributed by atoms with Gasteiger partial charge in [0.25, 0.3) is 5.91 Å². The number of aromatic nitrogens is 6. The molecule has 0 unspecified atom stereocenters. The standard InChI is InChI=1S/C13H14BrN7O2/c1-23-9-21-7-11(5-16-21)17-13(22)12-2-3-19(18-12)8-20-6-10(14)4-15-20/h2-7H,8-9H2,1H3,(H,17,22). The molecule has 3 aromatic heterocycles. The fourth-order valence-corrected chi connectivity index (χ4v) is 2.28. The molecule has 0 aliphatic heterocycles. The van der Waals surface area contributed by atoms with E-state index in [0.717, 1.165) is 4.47 Å². The molecule has 0 atom stereocenters. The maximum Gasteiger partial charge on any atom is 0.276 e. The van der Waals surface area contributed by atoms with Gasteiger partial charge in [0.1, 0.15) is 13.4 Å². The molecular weight excluding hydrogens is 366 g/mol. The van der Waals surface area contributed by atoms with Gasteiger partial charge in [-0.3, -0.25) is 9.48 Å². The maximum atomic E-state index is 12.2. The normalized spacial score (nSPS) is 10.9. The largest absolute Gasteiger partial charge is 0.362 e. The average Bonchev–Trinajstić information content (AvgIpc) is 3.23. The first-order chi connectivity index (χ1) is 11.1. The number of hydrogen-bond donors (Lipinski definition) is 1. The number of methoxy groups -OCH3 is 1. The molecule has 1 N–H and O–H groups in total. The minimum atomic E-state index is -0.303. The highest BCUT2D eigenvalue weighted by Crippen LogP contribution is 2.09. The first kappa shape index (κ1) is 15.4. The third-order valence-corrected chi connectivity index (χ3v) is 3.33. The van der Waals surface area contributed by atoms with Crippen molar-refractivity contribution in [1.82, 2.24) is 29.3 Å². The minimum absolute atomic E-state index is 0.303. The van der Waals surface area contributed by atoms with Crippen LogP contribution in [-0.2, 0) is 18.1 Å². The average molecular weight is 380 g/mol. The number of hydrogen-bond acceptors (Lipinski definition) is 5. The molecule has 3 aromatic rings. The van der Waals surface area contributed by atoms with E-state index in [4.69, 9.17) is 4.74 Å². The SMILES string of the molecule is COCn1cc(NC(=O)c2ccn(Cn3cc(Br)cn3)n2)cn1. The number of nitrogens with one attached hydrogen (secondary N) is 1. The predicted octanol–water partition coefficient (Wildman–Crippen LogP) is 1.40. The van der Waals surface area contributed by atoms with Crippen molar-refractivity contribution in [2.24, 2.45) is 0 Å². The van der Waals surface area contributed by atoms with E-state index in [0.29, 0.717) is 24.8 Å². The van der Waals surface area contributed by atoms with Crippen LogP contribution in [0.5, 0.6) is 0 Å². The molecule has 0 spiro atoms. The van der Waals surface area contributed by atoms with E-state index in [2.05, 4.69) is 36.5 Å². The van der Waals surface area contributed by atoms with E-state index in [1.54, 1.807) is 52.0 Å². The van der Waals surface area contributed by atoms with Crippen LogP contribution in [-0.4, -0.2) is 42.4 Å². The fraction of sp³-hybridized carbons (Fsp3) is 0.231. The van der Waals surface area contributed by atoms with Gasteiger partial charge >= 0.3 is 0 Å². The van der Waals surface area contributed by atoms with Gasteiger partial charge in [-0.2, -0.15) is 15.3 Å². The minimum Gasteiger partial charge on any atom is -0.362 e. The summed E-state index contributed by atoms with van der Waals surface area (Å²) in [7, 11) is 1.57. The second-order valence-electron chi connectivity index (χ2n) is 4.72. The lowest BCUT2D eigenvalue weighted by Gasteiger charge is -2.01. The molecule has 3 heterocycles. The number of ether oxygens (including phenoxy) is 1. The van der Waals surface area contributed by atoms with Crippen molar-refractivity contribution < 1.29 is 9.53 Å². The van der Waals surface area contributed by atoms with Crippen molar-refractivity contribution >= 4 is 27.5 Å². The number of anilines is 1. The summed E-state index contributed by atoms with van der Waals surface area (Å²) in [6.07, 6.45) is 8.47. The predicted molar refractivity (Wildman–Crippen MR) is 84.7 cm³/mol. The Kier molecular flexibility index (Phi) is 4.53. The lowest BCUT2D eigenvalue weighted by molar-refractivity contribution is 0.102. The third-order valence-electron chi connectivity index (χ3n) is 2.92. The summed E-state index contributed by atoms with van der Waals surface area (Å²) in [6, 6.07) is 1.65. The van der Waals surface area contributed by atoms with Gasteiger partial charge in [0, 0.05) is 19.5 Å². The first-order valence-electron chi connectivity index (χ1n) is 6.68. The van der Waals surface area contributed by atoms with Gasteiger partial charge in [-0.25, -0.2) is 9.36 Å². The number of rotatable bonds is 6. The second-order valence-corrected chi connectivity index (χ2v) is 5.64. The summed E-state index contributed by atoms with van der Waals surface area (Å²) >= 11 is 3.33. The van der Waals surface area contributed by atoms with Crippen molar-refractivity contribution in [2.45, 2.75) is 13.4 Å². The van der Waals surface area contributed by atoms with Crippen LogP contribution < -0.4 is 5.32 Å². The number of amides is 1. The fourth-order valence-electron chi connectivity index (χ4n) is 1.95. The topological polar surface area (TPSA) is 91.8 Å². The van der Waals surface area contributed by atoms with Gasteiger partial charge in [0.15, 0.2) is 5.69 Å². The lowest BCUT2D eigenvalue weighted by atomic mass is 10.4. The monoisotopic (exact) mass is 379 g/mol. The smallest absolute Gasteiger partial charge is 0.276 e. The van der Waals surface area contributed by atoms with Crippen molar-refractivity contribution in [3.63, 3.8) is 0 Å². The molecule has 9 nitrogen and oxygen atoms in total. The van der Waals surface area contributed by atoms with Crippen molar-refractivity contribution in [3.8, 4) is 0 Å². The molecule has 0 fully saturated rings. The summed E-state index contributed by atoms with van der Waals surface area (Å²) < 4.78 is 10.7. The Balaban J connectivity index is 1.63. The zero-order valence-corrected chi connectivity index (χ0v) is 13.8. The lowest BCUT2D eigenvalue weighted by Crippen LogP contribution is -2.14. The summed E-state index contributed by atoms with van der Waals surface area (Å²) in [6.45, 7) is 0.745. The van der Waals surface area contributed by atoms with Crippen LogP contribution in [0.3, 0.4) is 0 Å². The highest BCUT2D eigenvalue weighted by molar-refractivity contribution is 9.10. The van der Waals surface area contributed by atoms with Gasteiger partial charge in [0.05, 0.1) is 28.8 Å². The van der Waals surface area contributed by atoms with E-state index in [-0.39, 0.29) is 5.91 Å². The highest BCUT2D eigenvalue weighted by Gasteiger charge is 2.11. The molecule has 3 rings (SSSR count). The molecule has 0 radical (unpaired) electrons. The summed E-state index contributed by atoms with van der Waals surface area (Å²) in [4.78, 5) is 12.2. The van der Waals surface area contributed by atoms with Gasteiger partial charge in [-0.15, -0.1) is 0 Å². The van der Waals surface area contributed by atoms with E-state index < -0.39 is 0 Å². The van der Waals surface area contributed by atoms with Crippen LogP contribution >= 0.6 is 15.9 Å². The van der Waals surface area contributed by atoms with Gasteiger partial charge in [-0.1, -0.05) is 0 Å². The summed E-state index contributed by atoms with van der Waals surface area (Å²) in [5, 5.41) is 15.2. The zero-order chi connectivity index (χ0) is 16.2. The summed E-state index contributed by atoms with van der Waals surface area (Å²) in [5.74, 6) is -0.303. The number of nitrogens with zero attached hydrogens (tertiary/aromatic N) is 6. The van der Waals surface area contributed by atoms with Crippen molar-refractivity contribution in [1.29, 1.82) is 0 Å². The van der Waals surface area contributed by atoms with Crippen LogP contribution in [0.25, 0.3) is 0 Å². The quantitative estimate of drug-likeness (QED) is 0.698. The van der Waals surface area contributed by atoms with Crippen LogP contribution in [0.2, 0.25) is 0 Å². The van der Waals surface area contributed by atoms with E-state index >= 15 is 0 Å². The number of carbonyl (C=O) groups is 1. The first-order valence-corrected chi connectivity index (χ1v) is 7.47. The van der Waals surface area contributed by atoms with Crippen molar-refractivity contribution in [3.05, 3.63) is 47.2 Å². The molecule has 0 saturated carbocycles. The molecule has 1 amide bonds. The molecule has 120 valence electrons. The van der Waals surface area contributed by atoms with E-state index in [1.165, 1.54) is 0 Å². The molecule has 0 aliphatic rings. The van der Waals surface area contributed by atoms with Crippen LogP contribution in [0.15, 0.2) is 41.5 Å². The zero-order valence-electron chi connectivity index (χ0n) is 12.3. The number of halogens is 1. The molecule has 10 heteroatoms. The molecule has 0 saturated heterocycles. The summed E-state index contributed by atoms with van der Waals surface area (Å²) in [5.41, 5.74) is 0.897. The van der Waals surface area contributed by atoms with Crippen LogP contribution in [0.4, 0.5) is 5.69 Å². The van der Waals surface area contributed by atoms with E-state index in [1.807, 2.05) is 6.20 Å². The molecule has 0 bridgehead atoms. The Hall–Kier alpha value is -2.46. The molecule has 0 aromatic carbocycles. The Morgan fingerprint density at radius 1 is 1.26 bits per heavy atom. The Morgan fingerprint density at radius 2 is 2.09 bits per heavy atom. The van der Waals surface area contributed by atoms with Crippen LogP contribution in [0, 0.1) is 0 Å². The second kappa shape index (κ2) is 6.75. The molecule has 0 aliphatic carbocycles. The third kappa shape index (κ3) is 3.85. The highest BCUT2D eigenvalue weighted by atomic mass is 79.9. The Bertz CT molecular complexity index is 807. The van der Waals surface area contributed by atoms with Gasteiger partial charge < -0.3 is 10.1 Å². The van der Waals surface area contributed by atoms with Gasteiger partial charge in [-0.05, 0) is 22.0 Å². The van der Waals surface area contributed by atoms with Gasteiger partial charge in [0.2, 0.25) is 0 Å². The Morgan fingerprint density at radius 3 is 2.83 bits per heavy atom. The van der Waals surface area contributed by atoms with Crippen LogP contribution in [0.1, 0.15) is 10.5 Å². The maximum absolute atomic E-state index is 12.2. The van der Waals surface area contributed by atoms with E-state index in [9.17, 15) is 4.79 Å². The Labute approximate surface area is 140 Å². The molecular formula is C13H14BrN7O2.